The molecule has 5 nitrogen and oxygen atoms in total. The molecule has 25 heavy (non-hydrogen) atoms. The van der Waals surface area contributed by atoms with Gasteiger partial charge in [-0.05, 0) is 69.6 Å². The van der Waals surface area contributed by atoms with Crippen molar-refractivity contribution in [1.29, 1.82) is 0 Å². The first-order chi connectivity index (χ1) is 11.7. The third-order valence-electron chi connectivity index (χ3n) is 5.13. The monoisotopic (exact) mass is 368 g/mol. The summed E-state index contributed by atoms with van der Waals surface area (Å²) in [6.07, 6.45) is 8.75. The predicted octanol–water partition coefficient (Wildman–Crippen LogP) is 3.44. The van der Waals surface area contributed by atoms with E-state index in [1.165, 1.54) is 12.8 Å². The topological polar surface area (TPSA) is 73.6 Å². The highest BCUT2D eigenvalue weighted by molar-refractivity contribution is 5.95. The Morgan fingerprint density at radius 1 is 1.08 bits per heavy atom. The Morgan fingerprint density at radius 3 is 2.40 bits per heavy atom. The standard InChI is InChI=1S/C19H28N2O3.ClH/c1-23-18-12-13(6-11-17(18)24-16-4-2-3-5-16)19(22)21-15-9-7-14(20)8-10-15;/h6,11-12,14-16H,2-5,7-10,20H2,1H3,(H,21,22);1H. The van der Waals surface area contributed by atoms with Crippen molar-refractivity contribution in [3.63, 3.8) is 0 Å². The summed E-state index contributed by atoms with van der Waals surface area (Å²) in [5.41, 5.74) is 6.53. The van der Waals surface area contributed by atoms with Crippen LogP contribution in [0.25, 0.3) is 0 Å². The molecule has 2 saturated carbocycles. The number of halogens is 1. The Labute approximate surface area is 156 Å². The molecule has 0 spiro atoms. The highest BCUT2D eigenvalue weighted by atomic mass is 35.5. The third kappa shape index (κ3) is 5.25. The van der Waals surface area contributed by atoms with Crippen molar-refractivity contribution >= 4 is 18.3 Å². The summed E-state index contributed by atoms with van der Waals surface area (Å²) < 4.78 is 11.5. The van der Waals surface area contributed by atoms with E-state index in [4.69, 9.17) is 15.2 Å². The van der Waals surface area contributed by atoms with E-state index >= 15 is 0 Å². The zero-order valence-electron chi connectivity index (χ0n) is 14.8. The SMILES string of the molecule is COc1cc(C(=O)NC2CCC(N)CC2)ccc1OC1CCCC1.Cl. The van der Waals surface area contributed by atoms with Crippen LogP contribution in [0.5, 0.6) is 11.5 Å². The maximum Gasteiger partial charge on any atom is 0.251 e. The van der Waals surface area contributed by atoms with Crippen molar-refractivity contribution in [2.75, 3.05) is 7.11 Å². The lowest BCUT2D eigenvalue weighted by Gasteiger charge is -2.26. The summed E-state index contributed by atoms with van der Waals surface area (Å²) in [5, 5.41) is 3.11. The van der Waals surface area contributed by atoms with Gasteiger partial charge in [0.05, 0.1) is 13.2 Å². The molecule has 140 valence electrons. The van der Waals surface area contributed by atoms with Crippen LogP contribution >= 0.6 is 12.4 Å². The molecule has 1 aromatic rings. The second-order valence-corrected chi connectivity index (χ2v) is 6.98. The van der Waals surface area contributed by atoms with Gasteiger partial charge in [-0.2, -0.15) is 0 Å². The van der Waals surface area contributed by atoms with Crippen LogP contribution < -0.4 is 20.5 Å². The van der Waals surface area contributed by atoms with Gasteiger partial charge >= 0.3 is 0 Å². The first kappa shape index (κ1) is 19.9. The molecule has 0 aromatic heterocycles. The van der Waals surface area contributed by atoms with Crippen molar-refractivity contribution in [3.8, 4) is 11.5 Å². The van der Waals surface area contributed by atoms with Gasteiger partial charge in [-0.3, -0.25) is 4.79 Å². The van der Waals surface area contributed by atoms with Gasteiger partial charge in [0.2, 0.25) is 0 Å². The normalized spacial score (nSPS) is 23.6. The summed E-state index contributed by atoms with van der Waals surface area (Å²) in [4.78, 5) is 12.5. The minimum absolute atomic E-state index is 0. The van der Waals surface area contributed by atoms with Gasteiger partial charge in [0.15, 0.2) is 11.5 Å². The number of methoxy groups -OCH3 is 1. The number of benzene rings is 1. The summed E-state index contributed by atoms with van der Waals surface area (Å²) in [5.74, 6) is 1.30. The Balaban J connectivity index is 0.00000225. The average Bonchev–Trinajstić information content (AvgIpc) is 3.10. The second kappa shape index (κ2) is 9.30. The van der Waals surface area contributed by atoms with Crippen LogP contribution in [0.3, 0.4) is 0 Å². The molecule has 0 bridgehead atoms. The molecule has 0 radical (unpaired) electrons. The molecule has 0 unspecified atom stereocenters. The van der Waals surface area contributed by atoms with Crippen LogP contribution in [0.1, 0.15) is 61.7 Å². The number of ether oxygens (including phenoxy) is 2. The molecule has 6 heteroatoms. The lowest BCUT2D eigenvalue weighted by molar-refractivity contribution is 0.0925. The van der Waals surface area contributed by atoms with Crippen molar-refractivity contribution in [2.45, 2.75) is 69.6 Å². The Bertz CT molecular complexity index is 568. The molecular formula is C19H29ClN2O3. The number of hydrogen-bond donors (Lipinski definition) is 2. The van der Waals surface area contributed by atoms with Gasteiger partial charge in [-0.25, -0.2) is 0 Å². The molecular weight excluding hydrogens is 340 g/mol. The lowest BCUT2D eigenvalue weighted by Crippen LogP contribution is -2.40. The Kier molecular flexibility index (Phi) is 7.38. The number of nitrogens with one attached hydrogen (secondary N) is 1. The maximum atomic E-state index is 12.5. The van der Waals surface area contributed by atoms with E-state index in [0.717, 1.165) is 44.3 Å². The van der Waals surface area contributed by atoms with Crippen LogP contribution in [0.2, 0.25) is 0 Å². The number of nitrogens with two attached hydrogens (primary N) is 1. The summed E-state index contributed by atoms with van der Waals surface area (Å²) >= 11 is 0. The van der Waals surface area contributed by atoms with Crippen LogP contribution in [-0.4, -0.2) is 31.2 Å². The molecule has 2 fully saturated rings. The number of amides is 1. The summed E-state index contributed by atoms with van der Waals surface area (Å²) in [6.45, 7) is 0. The molecule has 1 amide bonds. The smallest absolute Gasteiger partial charge is 0.251 e. The maximum absolute atomic E-state index is 12.5. The minimum atomic E-state index is -0.0545. The molecule has 0 atom stereocenters. The number of carbonyl (C=O) groups excluding carboxylic acids is 1. The first-order valence-corrected chi connectivity index (χ1v) is 9.07. The predicted molar refractivity (Wildman–Crippen MR) is 101 cm³/mol. The van der Waals surface area contributed by atoms with E-state index in [1.54, 1.807) is 13.2 Å². The zero-order valence-corrected chi connectivity index (χ0v) is 15.6. The molecule has 2 aliphatic carbocycles. The van der Waals surface area contributed by atoms with E-state index < -0.39 is 0 Å². The third-order valence-corrected chi connectivity index (χ3v) is 5.13. The van der Waals surface area contributed by atoms with Crippen molar-refractivity contribution in [1.82, 2.24) is 5.32 Å². The zero-order chi connectivity index (χ0) is 16.9. The van der Waals surface area contributed by atoms with Crippen molar-refractivity contribution in [2.24, 2.45) is 5.73 Å². The van der Waals surface area contributed by atoms with E-state index in [2.05, 4.69) is 5.32 Å². The molecule has 0 heterocycles. The van der Waals surface area contributed by atoms with Crippen molar-refractivity contribution < 1.29 is 14.3 Å². The van der Waals surface area contributed by atoms with Crippen LogP contribution in [0.15, 0.2) is 18.2 Å². The molecule has 3 rings (SSSR count). The minimum Gasteiger partial charge on any atom is -0.493 e. The van der Waals surface area contributed by atoms with Crippen LogP contribution in [0, 0.1) is 0 Å². The van der Waals surface area contributed by atoms with Crippen LogP contribution in [-0.2, 0) is 0 Å². The molecule has 2 aliphatic rings. The first-order valence-electron chi connectivity index (χ1n) is 9.07. The Morgan fingerprint density at radius 2 is 1.76 bits per heavy atom. The number of carbonyl (C=O) groups is 1. The fourth-order valence-corrected chi connectivity index (χ4v) is 3.62. The van der Waals surface area contributed by atoms with Gasteiger partial charge in [0, 0.05) is 17.6 Å². The lowest BCUT2D eigenvalue weighted by atomic mass is 9.91. The molecule has 0 saturated heterocycles. The average molecular weight is 369 g/mol. The van der Waals surface area contributed by atoms with E-state index in [9.17, 15) is 4.79 Å². The largest absolute Gasteiger partial charge is 0.493 e. The highest BCUT2D eigenvalue weighted by Gasteiger charge is 2.22. The summed E-state index contributed by atoms with van der Waals surface area (Å²) in [7, 11) is 1.61. The van der Waals surface area contributed by atoms with Crippen molar-refractivity contribution in [3.05, 3.63) is 23.8 Å². The van der Waals surface area contributed by atoms with E-state index in [1.807, 2.05) is 12.1 Å². The fraction of sp³-hybridized carbons (Fsp3) is 0.632. The van der Waals surface area contributed by atoms with Gasteiger partial charge in [0.25, 0.3) is 5.91 Å². The highest BCUT2D eigenvalue weighted by Crippen LogP contribution is 2.32. The van der Waals surface area contributed by atoms with Gasteiger partial charge < -0.3 is 20.5 Å². The van der Waals surface area contributed by atoms with Gasteiger partial charge in [-0.1, -0.05) is 0 Å². The molecule has 0 aliphatic heterocycles. The van der Waals surface area contributed by atoms with E-state index in [-0.39, 0.29) is 36.5 Å². The van der Waals surface area contributed by atoms with E-state index in [0.29, 0.717) is 11.3 Å². The van der Waals surface area contributed by atoms with Gasteiger partial charge in [-0.15, -0.1) is 12.4 Å². The van der Waals surface area contributed by atoms with Gasteiger partial charge in [0.1, 0.15) is 0 Å². The number of hydrogen-bond acceptors (Lipinski definition) is 4. The van der Waals surface area contributed by atoms with Crippen LogP contribution in [0.4, 0.5) is 0 Å². The molecule has 1 aromatic carbocycles. The summed E-state index contributed by atoms with van der Waals surface area (Å²) in [6, 6.07) is 5.94. The molecule has 3 N–H and O–H groups in total. The number of rotatable bonds is 5. The fourth-order valence-electron chi connectivity index (χ4n) is 3.62. The Hall–Kier alpha value is -1.46. The second-order valence-electron chi connectivity index (χ2n) is 6.98. The quantitative estimate of drug-likeness (QED) is 0.834.